The van der Waals surface area contributed by atoms with Crippen LogP contribution in [-0.4, -0.2) is 173 Å². The summed E-state index contributed by atoms with van der Waals surface area (Å²) < 4.78 is 11.9. The smallest absolute Gasteiger partial charge is 0.270 e. The minimum atomic E-state index is -1.76. The number of anilines is 2. The second-order valence-electron chi connectivity index (χ2n) is 20.8. The second kappa shape index (κ2) is 28.7. The first kappa shape index (κ1) is 58.8. The third-order valence-corrected chi connectivity index (χ3v) is 14.9. The Bertz CT molecular complexity index is 2480. The van der Waals surface area contributed by atoms with Gasteiger partial charge in [0.2, 0.25) is 35.8 Å². The van der Waals surface area contributed by atoms with Crippen molar-refractivity contribution >= 4 is 52.7 Å². The van der Waals surface area contributed by atoms with Crippen LogP contribution < -0.4 is 46.9 Å². The standard InChI is InChI=1S/C56H79N11O11/c1-4-5-6-7-8-9-32-77-43-20-18-42(19-21-43)65-30-28-64(29-31-65)41-16-14-39(15-17-41)49(70)60-44-12-10-24-59-51(72)46-33-40(57)34-67(46)56(76)48(37(3)69)62-53(74)54(78-35-38-22-25-58-26-23-38)63-52(73)45-13-11-27-66(45)55(75)47(36(2)68)61-50(44)71/h14-23,25-26,36-37,40,44-48,54,68-69H,4-13,24,27-35,57H2,1-3H3,(H,59,72)(H,60,70)(H,61,71)(H,62,74)(H,63,73)/t36?,37?,40-,44-,45?,46?,47?,48?,54?/m0/s1. The molecule has 5 heterocycles. The van der Waals surface area contributed by atoms with E-state index in [1.807, 2.05) is 24.3 Å². The molecule has 3 aromatic rings. The molecule has 0 aliphatic carbocycles. The van der Waals surface area contributed by atoms with Gasteiger partial charge in [0.25, 0.3) is 11.8 Å². The van der Waals surface area contributed by atoms with Gasteiger partial charge in [-0.3, -0.25) is 38.5 Å². The second-order valence-corrected chi connectivity index (χ2v) is 20.8. The molecule has 4 saturated heterocycles. The zero-order valence-electron chi connectivity index (χ0n) is 45.1. The van der Waals surface area contributed by atoms with Crippen LogP contribution in [0.4, 0.5) is 11.4 Å². The highest BCUT2D eigenvalue weighted by molar-refractivity contribution is 6.00. The van der Waals surface area contributed by atoms with Crippen molar-refractivity contribution in [3.8, 4) is 5.75 Å². The molecular formula is C56H79N11O11. The maximum absolute atomic E-state index is 14.4. The number of rotatable bonds is 17. The molecule has 9 atom stereocenters. The Hall–Kier alpha value is -6.88. The number of hydrogen-bond donors (Lipinski definition) is 8. The van der Waals surface area contributed by atoms with Crippen LogP contribution in [0.25, 0.3) is 0 Å². The van der Waals surface area contributed by atoms with Crippen molar-refractivity contribution < 1.29 is 53.2 Å². The average Bonchev–Trinajstić information content (AvgIpc) is 4.12. The Morgan fingerprint density at radius 1 is 0.705 bits per heavy atom. The number of aliphatic hydroxyl groups is 2. The molecule has 1 aromatic heterocycles. The van der Waals surface area contributed by atoms with Gasteiger partial charge in [-0.2, -0.15) is 0 Å². The van der Waals surface area contributed by atoms with E-state index in [0.717, 1.165) is 49.7 Å². The van der Waals surface area contributed by atoms with Crippen molar-refractivity contribution in [3.05, 3.63) is 84.2 Å². The fourth-order valence-corrected chi connectivity index (χ4v) is 10.4. The van der Waals surface area contributed by atoms with Gasteiger partial charge in [-0.1, -0.05) is 39.0 Å². The number of carbonyl (C=O) groups is 7. The van der Waals surface area contributed by atoms with E-state index in [-0.39, 0.29) is 57.5 Å². The van der Waals surface area contributed by atoms with Gasteiger partial charge < -0.3 is 71.6 Å². The molecular weight excluding hydrogens is 1000 g/mol. The van der Waals surface area contributed by atoms with Crippen LogP contribution in [0.3, 0.4) is 0 Å². The summed E-state index contributed by atoms with van der Waals surface area (Å²) in [6.45, 7) is 8.39. The Kier molecular flexibility index (Phi) is 21.6. The number of ether oxygens (including phenoxy) is 2. The van der Waals surface area contributed by atoms with Crippen molar-refractivity contribution in [1.29, 1.82) is 0 Å². The van der Waals surface area contributed by atoms with Gasteiger partial charge in [-0.25, -0.2) is 0 Å². The number of pyridine rings is 1. The Labute approximate surface area is 456 Å². The van der Waals surface area contributed by atoms with Gasteiger partial charge in [0.1, 0.15) is 36.0 Å². The number of nitrogens with zero attached hydrogens (tertiary/aromatic N) is 5. The topological polar surface area (TPSA) is 290 Å². The zero-order valence-corrected chi connectivity index (χ0v) is 45.1. The summed E-state index contributed by atoms with van der Waals surface area (Å²) in [5.74, 6) is -4.47. The number of amides is 7. The van der Waals surface area contributed by atoms with Gasteiger partial charge in [-0.05, 0) is 119 Å². The summed E-state index contributed by atoms with van der Waals surface area (Å²) in [7, 11) is 0. The molecule has 4 aliphatic heterocycles. The normalized spacial score (nSPS) is 24.9. The Morgan fingerprint density at radius 2 is 1.31 bits per heavy atom. The molecule has 7 unspecified atom stereocenters. The number of nitrogens with two attached hydrogens (primary N) is 1. The molecule has 4 fully saturated rings. The predicted molar refractivity (Wildman–Crippen MR) is 291 cm³/mol. The van der Waals surface area contributed by atoms with Crippen LogP contribution in [0.1, 0.15) is 107 Å². The van der Waals surface area contributed by atoms with Crippen LogP contribution in [-0.2, 0) is 40.1 Å². The van der Waals surface area contributed by atoms with Crippen LogP contribution in [0.5, 0.6) is 5.75 Å². The molecule has 22 heteroatoms. The van der Waals surface area contributed by atoms with Gasteiger partial charge >= 0.3 is 0 Å². The summed E-state index contributed by atoms with van der Waals surface area (Å²) >= 11 is 0. The largest absolute Gasteiger partial charge is 0.494 e. The Balaban J connectivity index is 1.04. The van der Waals surface area contributed by atoms with Crippen LogP contribution >= 0.6 is 0 Å². The van der Waals surface area contributed by atoms with Crippen LogP contribution in [0.2, 0.25) is 0 Å². The highest BCUT2D eigenvalue weighted by atomic mass is 16.5. The van der Waals surface area contributed by atoms with E-state index in [9.17, 15) is 43.8 Å². The van der Waals surface area contributed by atoms with Gasteiger partial charge in [0.15, 0.2) is 0 Å². The molecule has 9 N–H and O–H groups in total. The Morgan fingerprint density at radius 3 is 1.95 bits per heavy atom. The van der Waals surface area contributed by atoms with E-state index in [1.54, 1.807) is 24.3 Å². The summed E-state index contributed by atoms with van der Waals surface area (Å²) in [6, 6.07) is 11.2. The quantitative estimate of drug-likeness (QED) is 0.0889. The lowest BCUT2D eigenvalue weighted by Crippen LogP contribution is -2.62. The SMILES string of the molecule is CCCCCCCCOc1ccc(N2CCN(c3ccc(C(=O)N[C@H]4CCCNC(=O)C5C[C@H](N)CN5C(=O)C(C(C)O)NC(=O)C(OCc5ccncc5)NC(=O)C5CCCN5C(=O)C(C(C)O)NC4=O)cc3)CC2)cc1. The minimum Gasteiger partial charge on any atom is -0.494 e. The van der Waals surface area contributed by atoms with E-state index in [4.69, 9.17) is 15.2 Å². The first-order valence-corrected chi connectivity index (χ1v) is 27.7. The van der Waals surface area contributed by atoms with Gasteiger partial charge in [-0.15, -0.1) is 0 Å². The molecule has 2 aromatic carbocycles. The molecule has 0 radical (unpaired) electrons. The molecule has 7 rings (SSSR count). The summed E-state index contributed by atoms with van der Waals surface area (Å²) in [5.41, 5.74) is 9.18. The number of unbranched alkanes of at least 4 members (excludes halogenated alkanes) is 5. The van der Waals surface area contributed by atoms with Gasteiger partial charge in [0, 0.05) is 81.2 Å². The number of aliphatic hydroxyl groups excluding tert-OH is 2. The van der Waals surface area contributed by atoms with Crippen molar-refractivity contribution in [2.75, 3.05) is 62.2 Å². The third kappa shape index (κ3) is 15.9. The van der Waals surface area contributed by atoms with Crippen molar-refractivity contribution in [1.82, 2.24) is 41.4 Å². The van der Waals surface area contributed by atoms with E-state index in [2.05, 4.69) is 60.4 Å². The molecule has 7 amide bonds. The van der Waals surface area contributed by atoms with Gasteiger partial charge in [0.05, 0.1) is 25.4 Å². The number of benzene rings is 2. The summed E-state index contributed by atoms with van der Waals surface area (Å²) in [4.78, 5) is 110. The molecule has 78 heavy (non-hydrogen) atoms. The monoisotopic (exact) mass is 1080 g/mol. The maximum atomic E-state index is 14.4. The zero-order chi connectivity index (χ0) is 55.7. The summed E-state index contributed by atoms with van der Waals surface area (Å²) in [5, 5.41) is 35.2. The lowest BCUT2D eigenvalue weighted by Gasteiger charge is -2.37. The highest BCUT2D eigenvalue weighted by Gasteiger charge is 2.44. The lowest BCUT2D eigenvalue weighted by molar-refractivity contribution is -0.150. The number of aromatic nitrogens is 1. The number of nitrogens with one attached hydrogen (secondary N) is 5. The van der Waals surface area contributed by atoms with E-state index >= 15 is 0 Å². The fraction of sp³-hybridized carbons (Fsp3) is 0.571. The predicted octanol–water partition coefficient (Wildman–Crippen LogP) is 1.47. The first-order valence-electron chi connectivity index (χ1n) is 27.7. The van der Waals surface area contributed by atoms with E-state index in [0.29, 0.717) is 18.6 Å². The molecule has 424 valence electrons. The fourth-order valence-electron chi connectivity index (χ4n) is 10.4. The summed E-state index contributed by atoms with van der Waals surface area (Å²) in [6.07, 6.45) is 6.27. The van der Waals surface area contributed by atoms with E-state index in [1.165, 1.54) is 68.1 Å². The molecule has 4 aliphatic rings. The number of piperazine rings is 1. The molecule has 0 bridgehead atoms. The van der Waals surface area contributed by atoms with Crippen molar-refractivity contribution in [2.45, 2.75) is 153 Å². The van der Waals surface area contributed by atoms with Crippen LogP contribution in [0.15, 0.2) is 73.1 Å². The first-order chi connectivity index (χ1) is 37.6. The van der Waals surface area contributed by atoms with Crippen molar-refractivity contribution in [3.63, 3.8) is 0 Å². The number of hydrogen-bond acceptors (Lipinski definition) is 15. The lowest BCUT2D eigenvalue weighted by atomic mass is 10.1. The molecule has 0 saturated carbocycles. The minimum absolute atomic E-state index is 0.0116. The van der Waals surface area contributed by atoms with E-state index < -0.39 is 96.0 Å². The maximum Gasteiger partial charge on any atom is 0.270 e. The number of carbonyl (C=O) groups excluding carboxylic acids is 7. The van der Waals surface area contributed by atoms with Crippen molar-refractivity contribution in [2.24, 2.45) is 5.73 Å². The average molecular weight is 1080 g/mol. The molecule has 0 spiro atoms. The number of fused-ring (bicyclic) bond motifs is 2. The third-order valence-electron chi connectivity index (χ3n) is 14.9. The highest BCUT2D eigenvalue weighted by Crippen LogP contribution is 2.25. The molecule has 22 nitrogen and oxygen atoms in total. The van der Waals surface area contributed by atoms with Crippen LogP contribution in [0, 0.1) is 0 Å².